The number of hydrogen-bond acceptors (Lipinski definition) is 0. The van der Waals surface area contributed by atoms with Crippen LogP contribution in [0, 0.1) is 0 Å². The molecular formula is C19H19Br. The van der Waals surface area contributed by atoms with E-state index in [1.807, 2.05) is 0 Å². The maximum Gasteiger partial charge on any atom is 0.00662 e. The van der Waals surface area contributed by atoms with Crippen molar-refractivity contribution in [3.8, 4) is 0 Å². The lowest BCUT2D eigenvalue weighted by molar-refractivity contribution is 0.762. The van der Waals surface area contributed by atoms with E-state index in [2.05, 4.69) is 77.5 Å². The van der Waals surface area contributed by atoms with Crippen molar-refractivity contribution in [2.24, 2.45) is 0 Å². The molecule has 0 aliphatic heterocycles. The minimum atomic E-state index is 0.572. The molecule has 1 heteroatoms. The van der Waals surface area contributed by atoms with Gasteiger partial charge in [-0.15, -0.1) is 0 Å². The SMILES string of the molecule is CC1Cc2ccccc2C(=CCCBr)c2ccccc21. The highest BCUT2D eigenvalue weighted by atomic mass is 79.9. The third kappa shape index (κ3) is 2.47. The van der Waals surface area contributed by atoms with Crippen molar-refractivity contribution in [2.45, 2.75) is 25.7 Å². The summed E-state index contributed by atoms with van der Waals surface area (Å²) in [6.07, 6.45) is 4.57. The fourth-order valence-corrected chi connectivity index (χ4v) is 3.37. The number of fused-ring (bicyclic) bond motifs is 2. The molecule has 102 valence electrons. The molecule has 1 aliphatic carbocycles. The first-order valence-electron chi connectivity index (χ1n) is 7.25. The van der Waals surface area contributed by atoms with Crippen LogP contribution in [0.2, 0.25) is 0 Å². The summed E-state index contributed by atoms with van der Waals surface area (Å²) in [5, 5.41) is 1.01. The van der Waals surface area contributed by atoms with Gasteiger partial charge in [0, 0.05) is 5.33 Å². The molecule has 1 aliphatic rings. The lowest BCUT2D eigenvalue weighted by Crippen LogP contribution is -1.98. The quantitative estimate of drug-likeness (QED) is 0.633. The summed E-state index contributed by atoms with van der Waals surface area (Å²) in [5.74, 6) is 0.572. The Bertz CT molecular complexity index is 640. The van der Waals surface area contributed by atoms with Gasteiger partial charge in [0.1, 0.15) is 0 Å². The fraction of sp³-hybridized carbons (Fsp3) is 0.263. The smallest absolute Gasteiger partial charge is 0.00662 e. The summed E-state index contributed by atoms with van der Waals surface area (Å²) >= 11 is 3.54. The lowest BCUT2D eigenvalue weighted by atomic mass is 9.91. The van der Waals surface area contributed by atoms with Crippen molar-refractivity contribution in [1.82, 2.24) is 0 Å². The molecule has 0 spiro atoms. The van der Waals surface area contributed by atoms with Crippen LogP contribution in [0.3, 0.4) is 0 Å². The minimum Gasteiger partial charge on any atom is -0.0925 e. The molecule has 0 bridgehead atoms. The molecule has 20 heavy (non-hydrogen) atoms. The van der Waals surface area contributed by atoms with Crippen molar-refractivity contribution in [1.29, 1.82) is 0 Å². The highest BCUT2D eigenvalue weighted by Gasteiger charge is 2.21. The summed E-state index contributed by atoms with van der Waals surface area (Å²) in [5.41, 5.74) is 7.16. The zero-order valence-electron chi connectivity index (χ0n) is 11.8. The molecular weight excluding hydrogens is 308 g/mol. The summed E-state index contributed by atoms with van der Waals surface area (Å²) < 4.78 is 0. The Labute approximate surface area is 129 Å². The predicted molar refractivity (Wildman–Crippen MR) is 90.5 cm³/mol. The lowest BCUT2D eigenvalue weighted by Gasteiger charge is -2.13. The van der Waals surface area contributed by atoms with Gasteiger partial charge < -0.3 is 0 Å². The molecule has 2 aromatic rings. The number of hydrogen-bond donors (Lipinski definition) is 0. The van der Waals surface area contributed by atoms with E-state index >= 15 is 0 Å². The van der Waals surface area contributed by atoms with Gasteiger partial charge in [0.25, 0.3) is 0 Å². The average molecular weight is 327 g/mol. The summed E-state index contributed by atoms with van der Waals surface area (Å²) in [7, 11) is 0. The van der Waals surface area contributed by atoms with Gasteiger partial charge in [0.05, 0.1) is 0 Å². The van der Waals surface area contributed by atoms with Crippen molar-refractivity contribution in [2.75, 3.05) is 5.33 Å². The van der Waals surface area contributed by atoms with Crippen LogP contribution in [0.15, 0.2) is 54.6 Å². The van der Waals surface area contributed by atoms with Gasteiger partial charge in [-0.1, -0.05) is 77.5 Å². The number of alkyl halides is 1. The zero-order valence-corrected chi connectivity index (χ0v) is 13.4. The van der Waals surface area contributed by atoms with E-state index in [0.717, 1.165) is 18.2 Å². The third-order valence-electron chi connectivity index (χ3n) is 4.07. The first-order chi connectivity index (χ1) is 9.81. The molecule has 0 heterocycles. The van der Waals surface area contributed by atoms with Gasteiger partial charge in [-0.2, -0.15) is 0 Å². The van der Waals surface area contributed by atoms with Gasteiger partial charge in [-0.3, -0.25) is 0 Å². The first-order valence-corrected chi connectivity index (χ1v) is 8.37. The van der Waals surface area contributed by atoms with Crippen LogP contribution in [0.4, 0.5) is 0 Å². The Morgan fingerprint density at radius 1 is 1.05 bits per heavy atom. The maximum absolute atomic E-state index is 3.54. The van der Waals surface area contributed by atoms with Crippen molar-refractivity contribution < 1.29 is 0 Å². The Hall–Kier alpha value is -1.34. The summed E-state index contributed by atoms with van der Waals surface area (Å²) in [6, 6.07) is 17.7. The topological polar surface area (TPSA) is 0 Å². The molecule has 3 rings (SSSR count). The van der Waals surface area contributed by atoms with Gasteiger partial charge >= 0.3 is 0 Å². The number of rotatable bonds is 2. The normalized spacial score (nSPS) is 19.3. The first kappa shape index (κ1) is 13.6. The van der Waals surface area contributed by atoms with Gasteiger partial charge in [-0.25, -0.2) is 0 Å². The largest absolute Gasteiger partial charge is 0.0925 e. The van der Waals surface area contributed by atoms with Crippen molar-refractivity contribution >= 4 is 21.5 Å². The molecule has 0 fully saturated rings. The molecule has 0 aromatic heterocycles. The zero-order chi connectivity index (χ0) is 13.9. The van der Waals surface area contributed by atoms with Crippen LogP contribution in [-0.4, -0.2) is 5.33 Å². The molecule has 0 nitrogen and oxygen atoms in total. The minimum absolute atomic E-state index is 0.572. The Morgan fingerprint density at radius 2 is 1.75 bits per heavy atom. The van der Waals surface area contributed by atoms with Crippen LogP contribution >= 0.6 is 15.9 Å². The summed E-state index contributed by atoms with van der Waals surface area (Å²) in [4.78, 5) is 0. The van der Waals surface area contributed by atoms with Crippen LogP contribution in [0.5, 0.6) is 0 Å². The standard InChI is InChI=1S/C19H19Br/c1-14-13-15-7-2-3-9-17(15)19(11-6-12-20)18-10-5-4-8-16(14)18/h2-5,7-11,14H,6,12-13H2,1H3. The molecule has 1 unspecified atom stereocenters. The second kappa shape index (κ2) is 5.97. The Morgan fingerprint density at radius 3 is 2.55 bits per heavy atom. The third-order valence-corrected chi connectivity index (χ3v) is 4.53. The van der Waals surface area contributed by atoms with E-state index in [4.69, 9.17) is 0 Å². The van der Waals surface area contributed by atoms with Crippen LogP contribution in [0.1, 0.15) is 41.5 Å². The maximum atomic E-state index is 3.54. The Balaban J connectivity index is 2.24. The van der Waals surface area contributed by atoms with Crippen molar-refractivity contribution in [3.05, 3.63) is 76.9 Å². The average Bonchev–Trinajstić information content (AvgIpc) is 2.60. The predicted octanol–water partition coefficient (Wildman–Crippen LogP) is 5.56. The molecule has 1 atom stereocenters. The van der Waals surface area contributed by atoms with E-state index in [1.165, 1.54) is 27.8 Å². The van der Waals surface area contributed by atoms with E-state index in [9.17, 15) is 0 Å². The number of allylic oxidation sites excluding steroid dienone is 1. The number of halogens is 1. The Kier molecular flexibility index (Phi) is 4.07. The van der Waals surface area contributed by atoms with Crippen LogP contribution in [-0.2, 0) is 6.42 Å². The van der Waals surface area contributed by atoms with E-state index < -0.39 is 0 Å². The van der Waals surface area contributed by atoms with E-state index in [0.29, 0.717) is 5.92 Å². The second-order valence-electron chi connectivity index (χ2n) is 5.45. The molecule has 0 amide bonds. The highest BCUT2D eigenvalue weighted by Crippen LogP contribution is 2.38. The molecule has 0 N–H and O–H groups in total. The molecule has 0 saturated heterocycles. The molecule has 0 saturated carbocycles. The molecule has 0 radical (unpaired) electrons. The van der Waals surface area contributed by atoms with Crippen LogP contribution in [0.25, 0.3) is 5.57 Å². The van der Waals surface area contributed by atoms with E-state index in [1.54, 1.807) is 0 Å². The fourth-order valence-electron chi connectivity index (χ4n) is 3.14. The second-order valence-corrected chi connectivity index (χ2v) is 6.24. The highest BCUT2D eigenvalue weighted by molar-refractivity contribution is 9.09. The monoisotopic (exact) mass is 326 g/mol. The number of benzene rings is 2. The van der Waals surface area contributed by atoms with Gasteiger partial charge in [0.2, 0.25) is 0 Å². The summed E-state index contributed by atoms with van der Waals surface area (Å²) in [6.45, 7) is 2.34. The molecule has 2 aromatic carbocycles. The van der Waals surface area contributed by atoms with Crippen molar-refractivity contribution in [3.63, 3.8) is 0 Å². The van der Waals surface area contributed by atoms with Gasteiger partial charge in [-0.05, 0) is 46.6 Å². The van der Waals surface area contributed by atoms with Gasteiger partial charge in [0.15, 0.2) is 0 Å². The van der Waals surface area contributed by atoms with E-state index in [-0.39, 0.29) is 0 Å². The van der Waals surface area contributed by atoms with Crippen LogP contribution < -0.4 is 0 Å².